The van der Waals surface area contributed by atoms with E-state index in [-0.39, 0.29) is 38.8 Å². The van der Waals surface area contributed by atoms with E-state index in [2.05, 4.69) is 16.0 Å². The molecule has 0 spiro atoms. The standard InChI is InChI=1S/C37H27ClN4O7S/c38-29-19-18-26(37(46)47)21-30(29)40-36(45)33(23-10-3-1-4-11-23)50-28-16-9-15-27(22-28)39-35(44)31(41-34(43)24-12-5-2-6-13-24)20-25-14-7-8-17-32(25)42(48)49/h1-22,33H,(H,39,44)(H,40,45)(H,41,43)(H,46,47)/b31-20+. The number of nitro groups is 1. The molecule has 1 unspecified atom stereocenters. The van der Waals surface area contributed by atoms with Gasteiger partial charge in [-0.2, -0.15) is 0 Å². The quantitative estimate of drug-likeness (QED) is 0.0441. The van der Waals surface area contributed by atoms with Gasteiger partial charge in [-0.15, -0.1) is 11.8 Å². The van der Waals surface area contributed by atoms with Crippen molar-refractivity contribution in [3.63, 3.8) is 0 Å². The minimum Gasteiger partial charge on any atom is -0.478 e. The van der Waals surface area contributed by atoms with E-state index in [9.17, 15) is 34.4 Å². The lowest BCUT2D eigenvalue weighted by Crippen LogP contribution is -2.30. The normalized spacial score (nSPS) is 11.6. The minimum absolute atomic E-state index is 0.0488. The number of aromatic carboxylic acids is 1. The first kappa shape index (κ1) is 35.1. The Labute approximate surface area is 295 Å². The van der Waals surface area contributed by atoms with E-state index in [1.54, 1.807) is 91.0 Å². The summed E-state index contributed by atoms with van der Waals surface area (Å²) < 4.78 is 0. The summed E-state index contributed by atoms with van der Waals surface area (Å²) >= 11 is 7.44. The number of rotatable bonds is 12. The predicted octanol–water partition coefficient (Wildman–Crippen LogP) is 7.83. The topological polar surface area (TPSA) is 168 Å². The average molecular weight is 707 g/mol. The molecule has 5 aromatic rings. The van der Waals surface area contributed by atoms with E-state index >= 15 is 0 Å². The molecule has 0 aliphatic heterocycles. The van der Waals surface area contributed by atoms with Gasteiger partial charge in [0, 0.05) is 22.2 Å². The summed E-state index contributed by atoms with van der Waals surface area (Å²) in [5, 5.41) is 28.4. The fourth-order valence-corrected chi connectivity index (χ4v) is 5.96. The highest BCUT2D eigenvalue weighted by Crippen LogP contribution is 2.38. The van der Waals surface area contributed by atoms with Crippen LogP contribution in [0, 0.1) is 10.1 Å². The van der Waals surface area contributed by atoms with Gasteiger partial charge < -0.3 is 21.1 Å². The van der Waals surface area contributed by atoms with Crippen LogP contribution < -0.4 is 16.0 Å². The number of anilines is 2. The number of benzene rings is 5. The second-order valence-corrected chi connectivity index (χ2v) is 12.2. The molecule has 13 heteroatoms. The van der Waals surface area contributed by atoms with Crippen LogP contribution in [0.25, 0.3) is 6.08 Å². The first-order valence-electron chi connectivity index (χ1n) is 14.9. The van der Waals surface area contributed by atoms with Gasteiger partial charge in [-0.25, -0.2) is 4.79 Å². The van der Waals surface area contributed by atoms with Crippen molar-refractivity contribution in [3.8, 4) is 0 Å². The number of halogens is 1. The predicted molar refractivity (Wildman–Crippen MR) is 192 cm³/mol. The molecule has 0 saturated carbocycles. The number of carboxylic acids is 1. The van der Waals surface area contributed by atoms with Crippen molar-refractivity contribution in [1.82, 2.24) is 5.32 Å². The Balaban J connectivity index is 1.42. The van der Waals surface area contributed by atoms with Crippen LogP contribution in [0.1, 0.15) is 37.1 Å². The SMILES string of the molecule is O=C(Nc1cccc(SC(C(=O)Nc2cc(C(=O)O)ccc2Cl)c2ccccc2)c1)/C(=C\c1ccccc1[N+](=O)[O-])NC(=O)c1ccccc1. The van der Waals surface area contributed by atoms with Gasteiger partial charge in [0.1, 0.15) is 10.9 Å². The number of nitrogens with one attached hydrogen (secondary N) is 3. The van der Waals surface area contributed by atoms with Crippen LogP contribution in [-0.4, -0.2) is 33.7 Å². The maximum Gasteiger partial charge on any atom is 0.335 e. The third-order valence-electron chi connectivity index (χ3n) is 7.12. The lowest BCUT2D eigenvalue weighted by atomic mass is 10.1. The third-order valence-corrected chi connectivity index (χ3v) is 8.70. The molecular weight excluding hydrogens is 680 g/mol. The number of carbonyl (C=O) groups is 4. The van der Waals surface area contributed by atoms with Crippen LogP contribution in [0.4, 0.5) is 17.1 Å². The van der Waals surface area contributed by atoms with E-state index in [1.165, 1.54) is 54.2 Å². The molecule has 5 rings (SSSR count). The van der Waals surface area contributed by atoms with Gasteiger partial charge in [-0.05, 0) is 66.2 Å². The van der Waals surface area contributed by atoms with E-state index < -0.39 is 33.9 Å². The Kier molecular flexibility index (Phi) is 11.4. The number of amides is 3. The Morgan fingerprint density at radius 2 is 1.46 bits per heavy atom. The van der Waals surface area contributed by atoms with Crippen molar-refractivity contribution >= 4 is 70.2 Å². The minimum atomic E-state index is -1.18. The van der Waals surface area contributed by atoms with Crippen molar-refractivity contribution in [1.29, 1.82) is 0 Å². The largest absolute Gasteiger partial charge is 0.478 e. The van der Waals surface area contributed by atoms with Crippen LogP contribution in [0.5, 0.6) is 0 Å². The molecule has 0 aliphatic carbocycles. The van der Waals surface area contributed by atoms with Gasteiger partial charge in [0.25, 0.3) is 17.5 Å². The van der Waals surface area contributed by atoms with Gasteiger partial charge in [0.2, 0.25) is 5.91 Å². The maximum atomic E-state index is 13.7. The molecular formula is C37H27ClN4O7S. The van der Waals surface area contributed by atoms with Crippen molar-refractivity contribution in [2.45, 2.75) is 10.1 Å². The monoisotopic (exact) mass is 706 g/mol. The number of para-hydroxylation sites is 1. The molecule has 0 aromatic heterocycles. The summed E-state index contributed by atoms with van der Waals surface area (Å²) in [6.07, 6.45) is 1.23. The smallest absolute Gasteiger partial charge is 0.335 e. The van der Waals surface area contributed by atoms with Crippen LogP contribution in [0.15, 0.2) is 138 Å². The number of carbonyl (C=O) groups excluding carboxylic acids is 3. The van der Waals surface area contributed by atoms with Crippen molar-refractivity contribution in [2.24, 2.45) is 0 Å². The molecule has 0 aliphatic rings. The van der Waals surface area contributed by atoms with E-state index in [0.29, 0.717) is 16.1 Å². The number of nitrogens with zero attached hydrogens (tertiary/aromatic N) is 1. The highest BCUT2D eigenvalue weighted by atomic mass is 35.5. The van der Waals surface area contributed by atoms with Gasteiger partial charge in [0.05, 0.1) is 26.8 Å². The summed E-state index contributed by atoms with van der Waals surface area (Å²) in [7, 11) is 0. The highest BCUT2D eigenvalue weighted by molar-refractivity contribution is 8.00. The van der Waals surface area contributed by atoms with Crippen LogP contribution in [0.2, 0.25) is 5.02 Å². The Bertz CT molecular complexity index is 2110. The van der Waals surface area contributed by atoms with Gasteiger partial charge >= 0.3 is 5.97 Å². The van der Waals surface area contributed by atoms with Gasteiger partial charge in [0.15, 0.2) is 0 Å². The molecule has 0 saturated heterocycles. The summed E-state index contributed by atoms with van der Waals surface area (Å²) in [6.45, 7) is 0. The number of carboxylic acid groups (broad SMARTS) is 1. The Hall–Kier alpha value is -6.24. The lowest BCUT2D eigenvalue weighted by Gasteiger charge is -2.18. The molecule has 1 atom stereocenters. The molecule has 0 radical (unpaired) electrons. The molecule has 11 nitrogen and oxygen atoms in total. The first-order chi connectivity index (χ1) is 24.1. The van der Waals surface area contributed by atoms with Crippen LogP contribution >= 0.6 is 23.4 Å². The summed E-state index contributed by atoms with van der Waals surface area (Å²) in [5.41, 5.74) is 0.918. The Morgan fingerprint density at radius 1 is 0.780 bits per heavy atom. The molecule has 3 amide bonds. The fraction of sp³-hybridized carbons (Fsp3) is 0.0270. The molecule has 0 fully saturated rings. The van der Waals surface area contributed by atoms with E-state index in [4.69, 9.17) is 11.6 Å². The number of thioether (sulfide) groups is 1. The van der Waals surface area contributed by atoms with Gasteiger partial charge in [-0.1, -0.05) is 78.3 Å². The second-order valence-electron chi connectivity index (χ2n) is 10.6. The highest BCUT2D eigenvalue weighted by Gasteiger charge is 2.24. The van der Waals surface area contributed by atoms with Crippen LogP contribution in [-0.2, 0) is 9.59 Å². The number of hydrogen-bond acceptors (Lipinski definition) is 7. The lowest BCUT2D eigenvalue weighted by molar-refractivity contribution is -0.385. The van der Waals surface area contributed by atoms with Crippen molar-refractivity contribution < 1.29 is 29.2 Å². The van der Waals surface area contributed by atoms with E-state index in [1.807, 2.05) is 0 Å². The van der Waals surface area contributed by atoms with Gasteiger partial charge in [-0.3, -0.25) is 24.5 Å². The first-order valence-corrected chi connectivity index (χ1v) is 16.1. The molecule has 5 aromatic carbocycles. The summed E-state index contributed by atoms with van der Waals surface area (Å²) in [4.78, 5) is 63.5. The number of nitro benzene ring substituents is 1. The third kappa shape index (κ3) is 9.01. The zero-order valence-corrected chi connectivity index (χ0v) is 27.5. The van der Waals surface area contributed by atoms with E-state index in [0.717, 1.165) is 0 Å². The molecule has 4 N–H and O–H groups in total. The fourth-order valence-electron chi connectivity index (χ4n) is 4.71. The summed E-state index contributed by atoms with van der Waals surface area (Å²) in [5.74, 6) is -3.00. The average Bonchev–Trinajstić information content (AvgIpc) is 3.12. The Morgan fingerprint density at radius 3 is 2.16 bits per heavy atom. The van der Waals surface area contributed by atoms with Crippen molar-refractivity contribution in [2.75, 3.05) is 10.6 Å². The second kappa shape index (κ2) is 16.2. The zero-order chi connectivity index (χ0) is 35.6. The summed E-state index contributed by atoms with van der Waals surface area (Å²) in [6, 6.07) is 33.5. The molecule has 50 heavy (non-hydrogen) atoms. The van der Waals surface area contributed by atoms with Crippen LogP contribution in [0.3, 0.4) is 0 Å². The zero-order valence-electron chi connectivity index (χ0n) is 25.9. The molecule has 0 bridgehead atoms. The molecule has 0 heterocycles. The number of hydrogen-bond donors (Lipinski definition) is 4. The molecule has 250 valence electrons. The maximum absolute atomic E-state index is 13.7. The van der Waals surface area contributed by atoms with Crippen molar-refractivity contribution in [3.05, 3.63) is 170 Å².